The van der Waals surface area contributed by atoms with Gasteiger partial charge >= 0.3 is 0 Å². The first-order valence-corrected chi connectivity index (χ1v) is 10.5. The number of nitrogens with zero attached hydrogens (tertiary/aromatic N) is 4. The maximum Gasteiger partial charge on any atom is 0.237 e. The van der Waals surface area contributed by atoms with Gasteiger partial charge in [-0.3, -0.25) is 14.7 Å². The summed E-state index contributed by atoms with van der Waals surface area (Å²) in [5.41, 5.74) is 2.29. The lowest BCUT2D eigenvalue weighted by molar-refractivity contribution is -0.136. The molecule has 1 aromatic carbocycles. The van der Waals surface area contributed by atoms with Crippen molar-refractivity contribution in [2.24, 2.45) is 0 Å². The summed E-state index contributed by atoms with van der Waals surface area (Å²) in [7, 11) is 1.97. The molecule has 0 spiro atoms. The van der Waals surface area contributed by atoms with Crippen molar-refractivity contribution in [3.63, 3.8) is 0 Å². The van der Waals surface area contributed by atoms with E-state index in [9.17, 15) is 4.79 Å². The van der Waals surface area contributed by atoms with Crippen LogP contribution in [0.4, 0.5) is 0 Å². The largest absolute Gasteiger partial charge is 0.443 e. The van der Waals surface area contributed by atoms with Gasteiger partial charge in [-0.2, -0.15) is 0 Å². The molecule has 6 heteroatoms. The van der Waals surface area contributed by atoms with Gasteiger partial charge in [0.25, 0.3) is 0 Å². The van der Waals surface area contributed by atoms with Gasteiger partial charge in [0.2, 0.25) is 11.8 Å². The molecule has 0 saturated carbocycles. The Morgan fingerprint density at radius 2 is 1.97 bits per heavy atom. The van der Waals surface area contributed by atoms with Gasteiger partial charge in [0, 0.05) is 31.9 Å². The fourth-order valence-electron chi connectivity index (χ4n) is 4.02. The van der Waals surface area contributed by atoms with Gasteiger partial charge in [-0.15, -0.1) is 0 Å². The molecule has 1 fully saturated rings. The normalized spacial score (nSPS) is 16.7. The molecule has 1 aliphatic rings. The summed E-state index contributed by atoms with van der Waals surface area (Å²) in [5, 5.41) is 0. The molecule has 0 aliphatic carbocycles. The van der Waals surface area contributed by atoms with Crippen LogP contribution in [-0.2, 0) is 17.8 Å². The Labute approximate surface area is 177 Å². The topological polar surface area (TPSA) is 62.5 Å². The van der Waals surface area contributed by atoms with E-state index in [0.29, 0.717) is 25.4 Å². The molecule has 0 bridgehead atoms. The zero-order valence-corrected chi connectivity index (χ0v) is 17.4. The number of likely N-dealkylation sites (N-methyl/N-ethyl adjacent to an activating group) is 1. The first kappa shape index (κ1) is 20.3. The minimum absolute atomic E-state index is 0.0810. The summed E-state index contributed by atoms with van der Waals surface area (Å²) >= 11 is 0. The highest BCUT2D eigenvalue weighted by Crippen LogP contribution is 2.31. The predicted molar refractivity (Wildman–Crippen MR) is 115 cm³/mol. The number of benzene rings is 1. The van der Waals surface area contributed by atoms with Crippen molar-refractivity contribution in [3.8, 4) is 0 Å². The van der Waals surface area contributed by atoms with Crippen LogP contribution in [0.15, 0.2) is 65.5 Å². The highest BCUT2D eigenvalue weighted by Gasteiger charge is 2.31. The molecule has 1 aliphatic heterocycles. The van der Waals surface area contributed by atoms with Crippen LogP contribution in [0.1, 0.15) is 48.1 Å². The van der Waals surface area contributed by atoms with E-state index in [4.69, 9.17) is 4.42 Å². The van der Waals surface area contributed by atoms with Gasteiger partial charge in [-0.05, 0) is 43.5 Å². The Morgan fingerprint density at radius 1 is 1.13 bits per heavy atom. The zero-order chi connectivity index (χ0) is 20.8. The number of oxazole rings is 1. The third-order valence-corrected chi connectivity index (χ3v) is 5.48. The van der Waals surface area contributed by atoms with Crippen molar-refractivity contribution < 1.29 is 9.21 Å². The summed E-state index contributed by atoms with van der Waals surface area (Å²) in [6.45, 7) is 1.81. The van der Waals surface area contributed by atoms with Crippen molar-refractivity contribution in [2.75, 3.05) is 20.1 Å². The zero-order valence-electron chi connectivity index (χ0n) is 17.4. The molecule has 1 amide bonds. The van der Waals surface area contributed by atoms with Crippen molar-refractivity contribution in [3.05, 3.63) is 83.8 Å². The minimum Gasteiger partial charge on any atom is -0.443 e. The Hall–Kier alpha value is -2.99. The second-order valence-electron chi connectivity index (χ2n) is 7.96. The molecular weight excluding hydrogens is 376 g/mol. The molecule has 156 valence electrons. The molecule has 6 nitrogen and oxygen atoms in total. The van der Waals surface area contributed by atoms with E-state index in [2.05, 4.69) is 22.1 Å². The molecule has 0 radical (unpaired) electrons. The number of pyridine rings is 1. The Balaban J connectivity index is 1.40. The lowest BCUT2D eigenvalue weighted by Gasteiger charge is -2.34. The fraction of sp³-hybridized carbons (Fsp3) is 0.375. The highest BCUT2D eigenvalue weighted by molar-refractivity contribution is 5.78. The van der Waals surface area contributed by atoms with Gasteiger partial charge in [0.05, 0.1) is 12.7 Å². The Morgan fingerprint density at radius 3 is 2.77 bits per heavy atom. The smallest absolute Gasteiger partial charge is 0.237 e. The van der Waals surface area contributed by atoms with Crippen LogP contribution in [0.5, 0.6) is 0 Å². The standard InChI is InChI=1S/C24H28N4O2/c1-27(17-20-10-7-12-25-15-20)18-23(29)28-13-6-5-11-22(28)24-26-16-21(30-24)14-19-8-3-2-4-9-19/h2-4,7-10,12,15-16,22H,5-6,11,13-14,17-18H2,1H3/t22-/m1/s1. The van der Waals surface area contributed by atoms with Crippen LogP contribution >= 0.6 is 0 Å². The quantitative estimate of drug-likeness (QED) is 0.599. The van der Waals surface area contributed by atoms with Gasteiger partial charge in [0.15, 0.2) is 0 Å². The maximum absolute atomic E-state index is 13.1. The van der Waals surface area contributed by atoms with Crippen molar-refractivity contribution in [1.82, 2.24) is 19.8 Å². The monoisotopic (exact) mass is 404 g/mol. The second-order valence-corrected chi connectivity index (χ2v) is 7.96. The predicted octanol–water partition coefficient (Wildman–Crippen LogP) is 3.85. The number of amides is 1. The van der Waals surface area contributed by atoms with Gasteiger partial charge < -0.3 is 9.32 Å². The number of rotatable bonds is 7. The fourth-order valence-corrected chi connectivity index (χ4v) is 4.02. The minimum atomic E-state index is -0.0810. The molecule has 0 unspecified atom stereocenters. The van der Waals surface area contributed by atoms with Crippen LogP contribution in [0.3, 0.4) is 0 Å². The number of piperidine rings is 1. The summed E-state index contributed by atoms with van der Waals surface area (Å²) in [4.78, 5) is 25.7. The lowest BCUT2D eigenvalue weighted by Crippen LogP contribution is -2.43. The molecule has 1 atom stereocenters. The first-order chi connectivity index (χ1) is 14.7. The number of likely N-dealkylation sites (tertiary alicyclic amines) is 1. The highest BCUT2D eigenvalue weighted by atomic mass is 16.4. The summed E-state index contributed by atoms with van der Waals surface area (Å²) in [5.74, 6) is 1.61. The molecular formula is C24H28N4O2. The van der Waals surface area contributed by atoms with E-state index in [-0.39, 0.29) is 11.9 Å². The van der Waals surface area contributed by atoms with E-state index in [1.54, 1.807) is 12.4 Å². The Bertz CT molecular complexity index is 942. The number of hydrogen-bond acceptors (Lipinski definition) is 5. The van der Waals surface area contributed by atoms with E-state index >= 15 is 0 Å². The van der Waals surface area contributed by atoms with Gasteiger partial charge in [-0.1, -0.05) is 36.4 Å². The van der Waals surface area contributed by atoms with E-state index in [0.717, 1.165) is 37.1 Å². The summed E-state index contributed by atoms with van der Waals surface area (Å²) in [6.07, 6.45) is 9.10. The molecule has 2 aromatic heterocycles. The van der Waals surface area contributed by atoms with Gasteiger partial charge in [0.1, 0.15) is 11.8 Å². The number of aromatic nitrogens is 2. The van der Waals surface area contributed by atoms with Crippen LogP contribution < -0.4 is 0 Å². The van der Waals surface area contributed by atoms with Crippen molar-refractivity contribution >= 4 is 5.91 Å². The number of carbonyl (C=O) groups excluding carboxylic acids is 1. The first-order valence-electron chi connectivity index (χ1n) is 10.5. The van der Waals surface area contributed by atoms with Gasteiger partial charge in [-0.25, -0.2) is 4.98 Å². The third kappa shape index (κ3) is 5.13. The molecule has 0 N–H and O–H groups in total. The summed E-state index contributed by atoms with van der Waals surface area (Å²) in [6, 6.07) is 14.1. The summed E-state index contributed by atoms with van der Waals surface area (Å²) < 4.78 is 6.08. The Kier molecular flexibility index (Phi) is 6.54. The van der Waals surface area contributed by atoms with Crippen LogP contribution in [0, 0.1) is 0 Å². The molecule has 30 heavy (non-hydrogen) atoms. The average molecular weight is 405 g/mol. The molecule has 4 rings (SSSR count). The van der Waals surface area contributed by atoms with Crippen molar-refractivity contribution in [1.29, 1.82) is 0 Å². The van der Waals surface area contributed by atoms with Crippen molar-refractivity contribution in [2.45, 2.75) is 38.3 Å². The van der Waals surface area contributed by atoms with E-state index in [1.165, 1.54) is 5.56 Å². The SMILES string of the molecule is CN(CC(=O)N1CCCC[C@@H]1c1ncc(Cc2ccccc2)o1)Cc1cccnc1. The molecule has 3 aromatic rings. The van der Waals surface area contributed by atoms with Crippen LogP contribution in [0.25, 0.3) is 0 Å². The van der Waals surface area contributed by atoms with Crippen LogP contribution in [0.2, 0.25) is 0 Å². The average Bonchev–Trinajstić information content (AvgIpc) is 3.23. The second kappa shape index (κ2) is 9.67. The van der Waals surface area contributed by atoms with Crippen LogP contribution in [-0.4, -0.2) is 45.8 Å². The lowest BCUT2D eigenvalue weighted by atomic mass is 10.0. The number of hydrogen-bond donors (Lipinski definition) is 0. The molecule has 1 saturated heterocycles. The van der Waals surface area contributed by atoms with E-state index < -0.39 is 0 Å². The maximum atomic E-state index is 13.1. The molecule has 3 heterocycles. The number of carbonyl (C=O) groups is 1. The van der Waals surface area contributed by atoms with E-state index in [1.807, 2.05) is 53.4 Å². The third-order valence-electron chi connectivity index (χ3n) is 5.48.